The molecule has 9 atom stereocenters. The van der Waals surface area contributed by atoms with E-state index in [-0.39, 0.29) is 6.10 Å². The molecule has 0 unspecified atom stereocenters. The average molecular weight is 505 g/mol. The zero-order chi connectivity index (χ0) is 26.4. The molecule has 1 aromatic rings. The van der Waals surface area contributed by atoms with Gasteiger partial charge in [0, 0.05) is 6.42 Å². The number of benzene rings is 1. The van der Waals surface area contributed by atoms with Crippen molar-refractivity contribution in [2.45, 2.75) is 105 Å². The molecule has 0 aromatic heterocycles. The standard InChI is InChI=1S/C35H52O2/c1-7-25(23(2)3)9-8-24(4)31-16-17-32-30-15-10-26-22-29(37-28-13-11-27(36)12-14-28)18-20-34(26,5)33(30)19-21-35(31,32)6/h8-14,23-25,29-33,36H,7,15-22H2,1-6H3/t24-,25-,29+,30+,31-,32+,33+,34+,35-/m1/s1. The van der Waals surface area contributed by atoms with Crippen molar-refractivity contribution in [2.75, 3.05) is 0 Å². The summed E-state index contributed by atoms with van der Waals surface area (Å²) >= 11 is 0. The summed E-state index contributed by atoms with van der Waals surface area (Å²) in [4.78, 5) is 0. The Hall–Kier alpha value is -1.70. The van der Waals surface area contributed by atoms with E-state index in [1.165, 1.54) is 44.9 Å². The van der Waals surface area contributed by atoms with Gasteiger partial charge in [-0.15, -0.1) is 0 Å². The van der Waals surface area contributed by atoms with Gasteiger partial charge < -0.3 is 9.84 Å². The molecular weight excluding hydrogens is 452 g/mol. The fraction of sp³-hybridized carbons (Fsp3) is 0.714. The maximum atomic E-state index is 9.60. The van der Waals surface area contributed by atoms with E-state index < -0.39 is 0 Å². The lowest BCUT2D eigenvalue weighted by atomic mass is 9.47. The number of phenols is 1. The molecule has 37 heavy (non-hydrogen) atoms. The molecule has 3 fully saturated rings. The summed E-state index contributed by atoms with van der Waals surface area (Å²) in [6.45, 7) is 14.9. The summed E-state index contributed by atoms with van der Waals surface area (Å²) in [5, 5.41) is 9.60. The Balaban J connectivity index is 1.28. The van der Waals surface area contributed by atoms with Gasteiger partial charge >= 0.3 is 0 Å². The van der Waals surface area contributed by atoms with Crippen LogP contribution in [0.3, 0.4) is 0 Å². The van der Waals surface area contributed by atoms with E-state index in [2.05, 4.69) is 59.8 Å². The van der Waals surface area contributed by atoms with E-state index >= 15 is 0 Å². The topological polar surface area (TPSA) is 29.5 Å². The highest BCUT2D eigenvalue weighted by atomic mass is 16.5. The van der Waals surface area contributed by atoms with Crippen LogP contribution < -0.4 is 4.74 Å². The maximum absolute atomic E-state index is 9.60. The van der Waals surface area contributed by atoms with E-state index in [0.717, 1.165) is 54.1 Å². The number of phenolic OH excluding ortho intramolecular Hbond substituents is 1. The molecule has 1 N–H and O–H groups in total. The summed E-state index contributed by atoms with van der Waals surface area (Å²) in [7, 11) is 0. The van der Waals surface area contributed by atoms with Gasteiger partial charge in [-0.05, 0) is 128 Å². The molecule has 0 aliphatic heterocycles. The fourth-order valence-corrected chi connectivity index (χ4v) is 9.63. The molecule has 2 nitrogen and oxygen atoms in total. The van der Waals surface area contributed by atoms with Crippen molar-refractivity contribution < 1.29 is 9.84 Å². The van der Waals surface area contributed by atoms with Crippen molar-refractivity contribution in [3.05, 3.63) is 48.1 Å². The smallest absolute Gasteiger partial charge is 0.120 e. The van der Waals surface area contributed by atoms with Gasteiger partial charge in [0.2, 0.25) is 0 Å². The number of ether oxygens (including phenoxy) is 1. The molecule has 204 valence electrons. The second-order valence-electron chi connectivity index (χ2n) is 14.0. The van der Waals surface area contributed by atoms with E-state index in [1.54, 1.807) is 17.7 Å². The number of allylic oxidation sites excluding steroid dienone is 3. The molecule has 0 heterocycles. The van der Waals surface area contributed by atoms with Crippen LogP contribution in [-0.2, 0) is 0 Å². The molecule has 1 aromatic carbocycles. The number of aromatic hydroxyl groups is 1. The largest absolute Gasteiger partial charge is 0.508 e. The molecule has 0 radical (unpaired) electrons. The Kier molecular flexibility index (Phi) is 7.60. The van der Waals surface area contributed by atoms with Crippen LogP contribution in [0.15, 0.2) is 48.1 Å². The molecule has 5 rings (SSSR count). The Morgan fingerprint density at radius 3 is 2.43 bits per heavy atom. The highest BCUT2D eigenvalue weighted by Crippen LogP contribution is 2.67. The highest BCUT2D eigenvalue weighted by Gasteiger charge is 2.59. The van der Waals surface area contributed by atoms with Gasteiger partial charge in [-0.2, -0.15) is 0 Å². The van der Waals surface area contributed by atoms with Gasteiger partial charge in [0.15, 0.2) is 0 Å². The molecule has 0 bridgehead atoms. The highest BCUT2D eigenvalue weighted by molar-refractivity contribution is 5.31. The normalized spacial score (nSPS) is 39.0. The first-order valence-electron chi connectivity index (χ1n) is 15.5. The monoisotopic (exact) mass is 504 g/mol. The lowest BCUT2D eigenvalue weighted by Crippen LogP contribution is -2.51. The first-order valence-corrected chi connectivity index (χ1v) is 15.5. The summed E-state index contributed by atoms with van der Waals surface area (Å²) in [5.74, 6) is 6.77. The minimum Gasteiger partial charge on any atom is -0.508 e. The zero-order valence-corrected chi connectivity index (χ0v) is 24.4. The van der Waals surface area contributed by atoms with Crippen LogP contribution in [0.1, 0.15) is 99.3 Å². The summed E-state index contributed by atoms with van der Waals surface area (Å²) in [6, 6.07) is 7.25. The van der Waals surface area contributed by atoms with Crippen molar-refractivity contribution >= 4 is 0 Å². The fourth-order valence-electron chi connectivity index (χ4n) is 9.63. The molecule has 3 saturated carbocycles. The first kappa shape index (κ1) is 26.9. The summed E-state index contributed by atoms with van der Waals surface area (Å²) in [5.41, 5.74) is 2.54. The predicted octanol–water partition coefficient (Wildman–Crippen LogP) is 9.59. The third kappa shape index (κ3) is 4.92. The molecule has 0 amide bonds. The lowest BCUT2D eigenvalue weighted by Gasteiger charge is -2.58. The third-order valence-electron chi connectivity index (χ3n) is 11.9. The third-order valence-corrected chi connectivity index (χ3v) is 11.9. The molecule has 4 aliphatic carbocycles. The molecule has 2 heteroatoms. The Morgan fingerprint density at radius 2 is 1.73 bits per heavy atom. The Morgan fingerprint density at radius 1 is 0.973 bits per heavy atom. The van der Waals surface area contributed by atoms with E-state index in [0.29, 0.717) is 22.5 Å². The minimum absolute atomic E-state index is 0.260. The molecule has 0 saturated heterocycles. The van der Waals surface area contributed by atoms with Crippen molar-refractivity contribution in [3.8, 4) is 11.5 Å². The number of fused-ring (bicyclic) bond motifs is 5. The first-order chi connectivity index (χ1) is 17.7. The van der Waals surface area contributed by atoms with Gasteiger partial charge in [-0.1, -0.05) is 65.3 Å². The van der Waals surface area contributed by atoms with Crippen LogP contribution in [0.4, 0.5) is 0 Å². The van der Waals surface area contributed by atoms with E-state index in [1.807, 2.05) is 12.1 Å². The van der Waals surface area contributed by atoms with Gasteiger partial charge in [-0.3, -0.25) is 0 Å². The maximum Gasteiger partial charge on any atom is 0.120 e. The zero-order valence-electron chi connectivity index (χ0n) is 24.4. The lowest BCUT2D eigenvalue weighted by molar-refractivity contribution is -0.0526. The van der Waals surface area contributed by atoms with Gasteiger partial charge in [0.1, 0.15) is 17.6 Å². The quantitative estimate of drug-likeness (QED) is 0.375. The van der Waals surface area contributed by atoms with Crippen molar-refractivity contribution in [1.82, 2.24) is 0 Å². The van der Waals surface area contributed by atoms with Gasteiger partial charge in [-0.25, -0.2) is 0 Å². The van der Waals surface area contributed by atoms with Gasteiger partial charge in [0.05, 0.1) is 0 Å². The van der Waals surface area contributed by atoms with Crippen LogP contribution in [0.2, 0.25) is 0 Å². The van der Waals surface area contributed by atoms with Gasteiger partial charge in [0.25, 0.3) is 0 Å². The minimum atomic E-state index is 0.260. The van der Waals surface area contributed by atoms with E-state index in [9.17, 15) is 5.11 Å². The number of rotatable bonds is 7. The summed E-state index contributed by atoms with van der Waals surface area (Å²) < 4.78 is 6.37. The Bertz CT molecular complexity index is 989. The molecule has 4 aliphatic rings. The van der Waals surface area contributed by atoms with Crippen LogP contribution >= 0.6 is 0 Å². The molecular formula is C35H52O2. The second kappa shape index (κ2) is 10.5. The second-order valence-corrected chi connectivity index (χ2v) is 14.0. The SMILES string of the molecule is CC[C@H](C=C[C@@H](C)[C@H]1CC[C@H]2[C@@H]3CC=C4C[C@@H](Oc5ccc(O)cc5)CC[C@]4(C)[C@H]3CC[C@]12C)C(C)C. The predicted molar refractivity (Wildman–Crippen MR) is 155 cm³/mol. The van der Waals surface area contributed by atoms with Crippen molar-refractivity contribution in [3.63, 3.8) is 0 Å². The Labute approximate surface area is 227 Å². The van der Waals surface area contributed by atoms with Crippen molar-refractivity contribution in [1.29, 1.82) is 0 Å². The van der Waals surface area contributed by atoms with Crippen LogP contribution in [-0.4, -0.2) is 11.2 Å². The van der Waals surface area contributed by atoms with E-state index in [4.69, 9.17) is 4.74 Å². The van der Waals surface area contributed by atoms with Crippen molar-refractivity contribution in [2.24, 2.45) is 52.3 Å². The number of hydrogen-bond acceptors (Lipinski definition) is 2. The summed E-state index contributed by atoms with van der Waals surface area (Å²) in [6.07, 6.45) is 19.8. The van der Waals surface area contributed by atoms with Crippen LogP contribution in [0.25, 0.3) is 0 Å². The average Bonchev–Trinajstić information content (AvgIpc) is 3.23. The van der Waals surface area contributed by atoms with Crippen LogP contribution in [0, 0.1) is 52.3 Å². The van der Waals surface area contributed by atoms with Crippen LogP contribution in [0.5, 0.6) is 11.5 Å². The molecule has 0 spiro atoms. The number of hydrogen-bond donors (Lipinski definition) is 1.